The summed E-state index contributed by atoms with van der Waals surface area (Å²) in [7, 11) is 1.64. The summed E-state index contributed by atoms with van der Waals surface area (Å²) < 4.78 is 11.2. The molecular formula is C15H18N2O2. The average Bonchev–Trinajstić information content (AvgIpc) is 2.41. The Kier molecular flexibility index (Phi) is 4.23. The van der Waals surface area contributed by atoms with E-state index in [9.17, 15) is 0 Å². The number of methoxy groups -OCH3 is 1. The van der Waals surface area contributed by atoms with Crippen molar-refractivity contribution in [3.05, 3.63) is 42.1 Å². The van der Waals surface area contributed by atoms with Crippen molar-refractivity contribution in [3.63, 3.8) is 0 Å². The zero-order valence-electron chi connectivity index (χ0n) is 11.4. The van der Waals surface area contributed by atoms with Crippen LogP contribution in [0.1, 0.15) is 12.5 Å². The van der Waals surface area contributed by atoms with Crippen LogP contribution < -0.4 is 14.8 Å². The van der Waals surface area contributed by atoms with Gasteiger partial charge in [-0.05, 0) is 37.6 Å². The van der Waals surface area contributed by atoms with Gasteiger partial charge < -0.3 is 14.8 Å². The zero-order chi connectivity index (χ0) is 13.7. The molecule has 0 bridgehead atoms. The van der Waals surface area contributed by atoms with Gasteiger partial charge in [-0.3, -0.25) is 0 Å². The molecule has 0 unspecified atom stereocenters. The van der Waals surface area contributed by atoms with Gasteiger partial charge in [0, 0.05) is 18.8 Å². The Morgan fingerprint density at radius 2 is 2.00 bits per heavy atom. The molecule has 0 spiro atoms. The molecule has 0 saturated carbocycles. The van der Waals surface area contributed by atoms with Crippen molar-refractivity contribution in [2.75, 3.05) is 19.0 Å². The fourth-order valence-electron chi connectivity index (χ4n) is 1.74. The van der Waals surface area contributed by atoms with Gasteiger partial charge in [0.05, 0.1) is 7.11 Å². The van der Waals surface area contributed by atoms with E-state index in [4.69, 9.17) is 9.47 Å². The van der Waals surface area contributed by atoms with Crippen LogP contribution in [0.4, 0.5) is 5.82 Å². The van der Waals surface area contributed by atoms with E-state index >= 15 is 0 Å². The summed E-state index contributed by atoms with van der Waals surface area (Å²) in [6.45, 7) is 4.87. The summed E-state index contributed by atoms with van der Waals surface area (Å²) in [5, 5.41) is 3.15. The molecule has 0 aliphatic heterocycles. The number of anilines is 1. The van der Waals surface area contributed by atoms with E-state index in [-0.39, 0.29) is 0 Å². The molecule has 4 nitrogen and oxygen atoms in total. The predicted molar refractivity (Wildman–Crippen MR) is 76.2 cm³/mol. The summed E-state index contributed by atoms with van der Waals surface area (Å²) in [6.07, 6.45) is 1.72. The average molecular weight is 258 g/mol. The second-order valence-electron chi connectivity index (χ2n) is 4.16. The predicted octanol–water partition coefficient (Wildman–Crippen LogP) is 3.62. The molecule has 1 aromatic heterocycles. The number of pyridine rings is 1. The van der Waals surface area contributed by atoms with Crippen molar-refractivity contribution in [1.29, 1.82) is 0 Å². The zero-order valence-corrected chi connectivity index (χ0v) is 11.4. The number of rotatable bonds is 5. The first-order valence-corrected chi connectivity index (χ1v) is 6.25. The smallest absolute Gasteiger partial charge is 0.169 e. The highest BCUT2D eigenvalue weighted by atomic mass is 16.5. The molecule has 0 saturated heterocycles. The third kappa shape index (κ3) is 3.37. The molecule has 2 rings (SSSR count). The van der Waals surface area contributed by atoms with E-state index in [1.807, 2.05) is 44.2 Å². The summed E-state index contributed by atoms with van der Waals surface area (Å²) in [5.74, 6) is 2.95. The third-order valence-electron chi connectivity index (χ3n) is 2.64. The lowest BCUT2D eigenvalue weighted by Crippen LogP contribution is -1.99. The number of aromatic nitrogens is 1. The molecule has 0 radical (unpaired) electrons. The fraction of sp³-hybridized carbons (Fsp3) is 0.267. The van der Waals surface area contributed by atoms with Crippen molar-refractivity contribution in [3.8, 4) is 17.2 Å². The van der Waals surface area contributed by atoms with Crippen LogP contribution in [-0.2, 0) is 0 Å². The normalized spacial score (nSPS) is 10.1. The van der Waals surface area contributed by atoms with E-state index in [1.165, 1.54) is 0 Å². The SMILES string of the molecule is CCNc1cc(Oc2ccc(C)cc2OC)ccn1. The maximum atomic E-state index is 5.84. The standard InChI is InChI=1S/C15H18N2O2/c1-4-16-15-10-12(7-8-17-15)19-13-6-5-11(2)9-14(13)18-3/h5-10H,4H2,1-3H3,(H,16,17). The van der Waals surface area contributed by atoms with Crippen LogP contribution in [-0.4, -0.2) is 18.6 Å². The highest BCUT2D eigenvalue weighted by Crippen LogP contribution is 2.32. The van der Waals surface area contributed by atoms with Gasteiger partial charge >= 0.3 is 0 Å². The van der Waals surface area contributed by atoms with Crippen molar-refractivity contribution in [2.45, 2.75) is 13.8 Å². The molecule has 4 heteroatoms. The summed E-state index contributed by atoms with van der Waals surface area (Å²) in [6, 6.07) is 9.52. The largest absolute Gasteiger partial charge is 0.493 e. The van der Waals surface area contributed by atoms with Crippen molar-refractivity contribution < 1.29 is 9.47 Å². The molecule has 19 heavy (non-hydrogen) atoms. The van der Waals surface area contributed by atoms with Crippen LogP contribution in [0.25, 0.3) is 0 Å². The van der Waals surface area contributed by atoms with Crippen LogP contribution >= 0.6 is 0 Å². The number of benzene rings is 1. The lowest BCUT2D eigenvalue weighted by Gasteiger charge is -2.11. The van der Waals surface area contributed by atoms with Gasteiger partial charge in [-0.15, -0.1) is 0 Å². The lowest BCUT2D eigenvalue weighted by molar-refractivity contribution is 0.378. The first-order valence-electron chi connectivity index (χ1n) is 6.25. The van der Waals surface area contributed by atoms with E-state index in [2.05, 4.69) is 10.3 Å². The lowest BCUT2D eigenvalue weighted by atomic mass is 10.2. The number of nitrogens with one attached hydrogen (secondary N) is 1. The van der Waals surface area contributed by atoms with E-state index < -0.39 is 0 Å². The van der Waals surface area contributed by atoms with Crippen LogP contribution in [0.2, 0.25) is 0 Å². The van der Waals surface area contributed by atoms with E-state index in [0.717, 1.165) is 29.4 Å². The second-order valence-corrected chi connectivity index (χ2v) is 4.16. The third-order valence-corrected chi connectivity index (χ3v) is 2.64. The topological polar surface area (TPSA) is 43.4 Å². The monoisotopic (exact) mass is 258 g/mol. The first kappa shape index (κ1) is 13.2. The van der Waals surface area contributed by atoms with Crippen molar-refractivity contribution >= 4 is 5.82 Å². The van der Waals surface area contributed by atoms with Crippen molar-refractivity contribution in [2.24, 2.45) is 0 Å². The minimum Gasteiger partial charge on any atom is -0.493 e. The molecule has 100 valence electrons. The molecule has 0 amide bonds. The number of hydrogen-bond acceptors (Lipinski definition) is 4. The van der Waals surface area contributed by atoms with Crippen LogP contribution in [0.15, 0.2) is 36.5 Å². The van der Waals surface area contributed by atoms with E-state index in [1.54, 1.807) is 13.3 Å². The quantitative estimate of drug-likeness (QED) is 0.889. The molecule has 1 N–H and O–H groups in total. The van der Waals surface area contributed by atoms with Crippen molar-refractivity contribution in [1.82, 2.24) is 4.98 Å². The number of aryl methyl sites for hydroxylation is 1. The molecule has 0 aliphatic carbocycles. The minimum atomic E-state index is 0.696. The van der Waals surface area contributed by atoms with Gasteiger partial charge in [0.15, 0.2) is 11.5 Å². The fourth-order valence-corrected chi connectivity index (χ4v) is 1.74. The highest BCUT2D eigenvalue weighted by Gasteiger charge is 2.06. The molecule has 1 aromatic carbocycles. The number of nitrogens with zero attached hydrogens (tertiary/aromatic N) is 1. The second kappa shape index (κ2) is 6.09. The Labute approximate surface area is 113 Å². The Morgan fingerprint density at radius 3 is 2.74 bits per heavy atom. The molecule has 1 heterocycles. The molecule has 2 aromatic rings. The van der Waals surface area contributed by atoms with Gasteiger partial charge in [-0.25, -0.2) is 4.98 Å². The van der Waals surface area contributed by atoms with Gasteiger partial charge in [0.2, 0.25) is 0 Å². The van der Waals surface area contributed by atoms with Crippen LogP contribution in [0.5, 0.6) is 17.2 Å². The highest BCUT2D eigenvalue weighted by molar-refractivity contribution is 5.47. The van der Waals surface area contributed by atoms with Gasteiger partial charge in [-0.1, -0.05) is 6.07 Å². The minimum absolute atomic E-state index is 0.696. The summed E-state index contributed by atoms with van der Waals surface area (Å²) in [5.41, 5.74) is 1.13. The molecular weight excluding hydrogens is 240 g/mol. The van der Waals surface area contributed by atoms with Gasteiger partial charge in [-0.2, -0.15) is 0 Å². The summed E-state index contributed by atoms with van der Waals surface area (Å²) >= 11 is 0. The van der Waals surface area contributed by atoms with E-state index in [0.29, 0.717) is 5.75 Å². The van der Waals surface area contributed by atoms with Gasteiger partial charge in [0.1, 0.15) is 11.6 Å². The maximum absolute atomic E-state index is 5.84. The first-order chi connectivity index (χ1) is 9.22. The Bertz CT molecular complexity index is 556. The number of ether oxygens (including phenoxy) is 2. The van der Waals surface area contributed by atoms with Gasteiger partial charge in [0.25, 0.3) is 0 Å². The molecule has 0 aliphatic rings. The Hall–Kier alpha value is -2.23. The number of hydrogen-bond donors (Lipinski definition) is 1. The summed E-state index contributed by atoms with van der Waals surface area (Å²) in [4.78, 5) is 4.21. The maximum Gasteiger partial charge on any atom is 0.169 e. The molecule has 0 atom stereocenters. The Balaban J connectivity index is 2.23. The van der Waals surface area contributed by atoms with Crippen LogP contribution in [0, 0.1) is 6.92 Å². The Morgan fingerprint density at radius 1 is 1.16 bits per heavy atom. The van der Waals surface area contributed by atoms with Crippen LogP contribution in [0.3, 0.4) is 0 Å². The molecule has 0 fully saturated rings.